The molecule has 0 unspecified atom stereocenters. The highest BCUT2D eigenvalue weighted by Gasteiger charge is 2.20. The van der Waals surface area contributed by atoms with Crippen LogP contribution in [0.1, 0.15) is 19.4 Å². The molecular weight excluding hydrogens is 288 g/mol. The van der Waals surface area contributed by atoms with Crippen molar-refractivity contribution in [2.45, 2.75) is 13.8 Å². The number of ketones is 2. The molecule has 0 radical (unpaired) electrons. The van der Waals surface area contributed by atoms with E-state index >= 15 is 0 Å². The van der Waals surface area contributed by atoms with Crippen LogP contribution >= 0.6 is 0 Å². The van der Waals surface area contributed by atoms with Crippen LogP contribution in [0.2, 0.25) is 0 Å². The molecule has 0 fully saturated rings. The first kappa shape index (κ1) is 15.0. The molecular formula is C20H16O3. The van der Waals surface area contributed by atoms with Gasteiger partial charge in [0.2, 0.25) is 0 Å². The summed E-state index contributed by atoms with van der Waals surface area (Å²) in [7, 11) is 0. The van der Waals surface area contributed by atoms with E-state index in [0.29, 0.717) is 5.56 Å². The van der Waals surface area contributed by atoms with Gasteiger partial charge >= 0.3 is 0 Å². The number of fused-ring (bicyclic) bond motifs is 2. The van der Waals surface area contributed by atoms with Gasteiger partial charge in [-0.2, -0.15) is 0 Å². The maximum Gasteiger partial charge on any atom is 0.167 e. The summed E-state index contributed by atoms with van der Waals surface area (Å²) in [6, 6.07) is 17.2. The van der Waals surface area contributed by atoms with Crippen LogP contribution in [0.4, 0.5) is 0 Å². The molecule has 0 saturated carbocycles. The van der Waals surface area contributed by atoms with E-state index in [1.165, 1.54) is 13.8 Å². The summed E-state index contributed by atoms with van der Waals surface area (Å²) < 4.78 is 0. The second-order valence-corrected chi connectivity index (χ2v) is 5.53. The Morgan fingerprint density at radius 2 is 1.22 bits per heavy atom. The Morgan fingerprint density at radius 1 is 0.783 bits per heavy atom. The highest BCUT2D eigenvalue weighted by Crippen LogP contribution is 2.33. The summed E-state index contributed by atoms with van der Waals surface area (Å²) in [6.45, 7) is 2.58. The molecule has 1 N–H and O–H groups in total. The molecule has 3 rings (SSSR count). The Hall–Kier alpha value is -2.94. The minimum Gasteiger partial charge on any atom is -0.506 e. The van der Waals surface area contributed by atoms with Gasteiger partial charge in [0, 0.05) is 5.56 Å². The van der Waals surface area contributed by atoms with Gasteiger partial charge in [-0.15, -0.1) is 0 Å². The van der Waals surface area contributed by atoms with Gasteiger partial charge in [-0.05, 0) is 41.5 Å². The first-order valence-electron chi connectivity index (χ1n) is 7.36. The number of carbonyl (C=O) groups is 2. The Labute approximate surface area is 133 Å². The van der Waals surface area contributed by atoms with Crippen LogP contribution in [0.3, 0.4) is 0 Å². The third-order valence-corrected chi connectivity index (χ3v) is 3.95. The molecule has 0 atom stereocenters. The fourth-order valence-corrected chi connectivity index (χ4v) is 2.98. The molecule has 0 bridgehead atoms. The van der Waals surface area contributed by atoms with Crippen LogP contribution in [0.5, 0.6) is 0 Å². The smallest absolute Gasteiger partial charge is 0.167 e. The third kappa shape index (κ3) is 2.50. The number of hydrogen-bond acceptors (Lipinski definition) is 3. The lowest BCUT2D eigenvalue weighted by molar-refractivity contribution is -0.119. The van der Waals surface area contributed by atoms with Crippen LogP contribution in [0, 0.1) is 0 Å². The number of hydrogen-bond donors (Lipinski definition) is 1. The molecule has 3 nitrogen and oxygen atoms in total. The van der Waals surface area contributed by atoms with E-state index in [4.69, 9.17) is 0 Å². The molecule has 0 heterocycles. The lowest BCUT2D eigenvalue weighted by atomic mass is 9.92. The van der Waals surface area contributed by atoms with Crippen molar-refractivity contribution in [3.63, 3.8) is 0 Å². The van der Waals surface area contributed by atoms with Crippen molar-refractivity contribution in [2.24, 2.45) is 0 Å². The molecule has 0 saturated heterocycles. The monoisotopic (exact) mass is 304 g/mol. The zero-order chi connectivity index (χ0) is 16.6. The second kappa shape index (κ2) is 5.69. The van der Waals surface area contributed by atoms with Crippen molar-refractivity contribution in [1.82, 2.24) is 0 Å². The summed E-state index contributed by atoms with van der Waals surface area (Å²) in [5, 5.41) is 14.3. The van der Waals surface area contributed by atoms with Crippen LogP contribution in [0.25, 0.3) is 27.3 Å². The van der Waals surface area contributed by atoms with E-state index in [2.05, 4.69) is 0 Å². The maximum atomic E-state index is 11.8. The SMILES string of the molecule is CC(=O)C(C(C)=O)=C(O)c1c2ccccc2cc2ccccc12. The van der Waals surface area contributed by atoms with Crippen LogP contribution in [-0.2, 0) is 9.59 Å². The summed E-state index contributed by atoms with van der Waals surface area (Å²) in [5.41, 5.74) is 0.366. The highest BCUT2D eigenvalue weighted by molar-refractivity contribution is 6.25. The predicted octanol–water partition coefficient (Wildman–Crippen LogP) is 4.44. The van der Waals surface area contributed by atoms with E-state index in [-0.39, 0.29) is 11.3 Å². The lowest BCUT2D eigenvalue weighted by Gasteiger charge is -2.13. The van der Waals surface area contributed by atoms with Crippen molar-refractivity contribution in [3.8, 4) is 0 Å². The molecule has 3 aromatic rings. The van der Waals surface area contributed by atoms with E-state index in [1.807, 2.05) is 54.6 Å². The quantitative estimate of drug-likeness (QED) is 0.256. The number of aliphatic hydroxyl groups excluding tert-OH is 1. The molecule has 3 heteroatoms. The van der Waals surface area contributed by atoms with Crippen molar-refractivity contribution in [3.05, 3.63) is 65.7 Å². The Bertz CT molecular complexity index is 911. The number of benzene rings is 3. The number of rotatable bonds is 3. The van der Waals surface area contributed by atoms with Gasteiger partial charge in [0.25, 0.3) is 0 Å². The zero-order valence-corrected chi connectivity index (χ0v) is 13.0. The van der Waals surface area contributed by atoms with Crippen molar-refractivity contribution < 1.29 is 14.7 Å². The molecule has 0 aliphatic heterocycles. The molecule has 114 valence electrons. The van der Waals surface area contributed by atoms with E-state index in [9.17, 15) is 14.7 Å². The molecule has 0 aliphatic carbocycles. The molecule has 23 heavy (non-hydrogen) atoms. The van der Waals surface area contributed by atoms with Gasteiger partial charge in [-0.1, -0.05) is 48.5 Å². The first-order chi connectivity index (χ1) is 11.0. The van der Waals surface area contributed by atoms with Crippen molar-refractivity contribution in [1.29, 1.82) is 0 Å². The molecule has 0 aromatic heterocycles. The summed E-state index contributed by atoms with van der Waals surface area (Å²) in [6.07, 6.45) is 0. The van der Waals surface area contributed by atoms with Gasteiger partial charge in [0.1, 0.15) is 11.3 Å². The number of Topliss-reactive ketones (excluding diaryl/α,β-unsaturated/α-hetero) is 2. The molecule has 0 spiro atoms. The number of allylic oxidation sites excluding steroid dienone is 1. The fraction of sp³-hybridized carbons (Fsp3) is 0.100. The average Bonchev–Trinajstić information content (AvgIpc) is 2.51. The van der Waals surface area contributed by atoms with Gasteiger partial charge in [-0.3, -0.25) is 9.59 Å². The molecule has 0 aliphatic rings. The lowest BCUT2D eigenvalue weighted by Crippen LogP contribution is -2.10. The Kier molecular flexibility index (Phi) is 3.70. The summed E-state index contributed by atoms with van der Waals surface area (Å²) in [4.78, 5) is 23.7. The van der Waals surface area contributed by atoms with Crippen LogP contribution in [0.15, 0.2) is 60.2 Å². The number of carbonyl (C=O) groups excluding carboxylic acids is 2. The second-order valence-electron chi connectivity index (χ2n) is 5.53. The normalized spacial score (nSPS) is 10.7. The standard InChI is InChI=1S/C20H16O3/c1-12(21)18(13(2)22)20(23)19-16-9-5-3-7-14(16)11-15-8-4-6-10-17(15)19/h3-11,23H,1-2H3. The minimum atomic E-state index is -0.438. The molecule has 0 amide bonds. The van der Waals surface area contributed by atoms with Gasteiger partial charge in [0.15, 0.2) is 11.6 Å². The highest BCUT2D eigenvalue weighted by atomic mass is 16.3. The number of aliphatic hydroxyl groups is 1. The zero-order valence-electron chi connectivity index (χ0n) is 13.0. The van der Waals surface area contributed by atoms with E-state index < -0.39 is 11.6 Å². The van der Waals surface area contributed by atoms with Crippen molar-refractivity contribution >= 4 is 38.9 Å². The van der Waals surface area contributed by atoms with E-state index in [1.54, 1.807) is 0 Å². The molecule has 3 aromatic carbocycles. The van der Waals surface area contributed by atoms with Gasteiger partial charge in [-0.25, -0.2) is 0 Å². The van der Waals surface area contributed by atoms with E-state index in [0.717, 1.165) is 21.5 Å². The van der Waals surface area contributed by atoms with Gasteiger partial charge in [0.05, 0.1) is 0 Å². The summed E-state index contributed by atoms with van der Waals surface area (Å²) in [5.74, 6) is -1.13. The predicted molar refractivity (Wildman–Crippen MR) is 92.4 cm³/mol. The largest absolute Gasteiger partial charge is 0.506 e. The topological polar surface area (TPSA) is 54.4 Å². The van der Waals surface area contributed by atoms with Crippen LogP contribution in [-0.4, -0.2) is 16.7 Å². The van der Waals surface area contributed by atoms with Gasteiger partial charge < -0.3 is 5.11 Å². The van der Waals surface area contributed by atoms with Crippen molar-refractivity contribution in [2.75, 3.05) is 0 Å². The van der Waals surface area contributed by atoms with Crippen LogP contribution < -0.4 is 0 Å². The Balaban J connectivity index is 2.54. The average molecular weight is 304 g/mol. The first-order valence-corrected chi connectivity index (χ1v) is 7.36. The minimum absolute atomic E-state index is 0.161. The third-order valence-electron chi connectivity index (χ3n) is 3.95. The Morgan fingerprint density at radius 3 is 1.65 bits per heavy atom. The fourth-order valence-electron chi connectivity index (χ4n) is 2.98. The maximum absolute atomic E-state index is 11.8. The summed E-state index contributed by atoms with van der Waals surface area (Å²) >= 11 is 0.